The molecule has 0 unspecified atom stereocenters. The molecule has 1 aliphatic carbocycles. The Bertz CT molecular complexity index is 213. The summed E-state index contributed by atoms with van der Waals surface area (Å²) < 4.78 is 0. The maximum absolute atomic E-state index is 3.57. The van der Waals surface area contributed by atoms with Crippen molar-refractivity contribution in [1.82, 2.24) is 0 Å². The molecule has 1 rings (SSSR count). The van der Waals surface area contributed by atoms with Gasteiger partial charge in [0.2, 0.25) is 0 Å². The van der Waals surface area contributed by atoms with Crippen molar-refractivity contribution in [3.63, 3.8) is 0 Å². The van der Waals surface area contributed by atoms with Crippen LogP contribution < -0.4 is 0 Å². The Labute approximate surface area is 77.9 Å². The van der Waals surface area contributed by atoms with E-state index in [2.05, 4.69) is 55.5 Å². The zero-order valence-electron chi connectivity index (χ0n) is 7.66. The van der Waals surface area contributed by atoms with Gasteiger partial charge in [-0.2, -0.15) is 0 Å². The van der Waals surface area contributed by atoms with Gasteiger partial charge in [0.05, 0.1) is 0 Å². The molecule has 0 radical (unpaired) electrons. The topological polar surface area (TPSA) is 0 Å². The highest BCUT2D eigenvalue weighted by atomic mass is 79.9. The summed E-state index contributed by atoms with van der Waals surface area (Å²) in [6.45, 7) is 8.66. The van der Waals surface area contributed by atoms with Crippen LogP contribution in [-0.4, -0.2) is 4.83 Å². The Kier molecular flexibility index (Phi) is 2.09. The molecule has 0 saturated heterocycles. The fraction of sp³-hybridized carbons (Fsp3) is 0.800. The average molecular weight is 215 g/mol. The highest BCUT2D eigenvalue weighted by molar-refractivity contribution is 9.09. The largest absolute Gasteiger partial charge is 0.0968 e. The Hall–Kier alpha value is 0.0400. The van der Waals surface area contributed by atoms with Crippen molar-refractivity contribution in [1.29, 1.82) is 0 Å². The molecule has 0 spiro atoms. The first-order valence-corrected chi connectivity index (χ1v) is 4.93. The summed E-state index contributed by atoms with van der Waals surface area (Å²) in [4.78, 5) is 0.629. The summed E-state index contributed by atoms with van der Waals surface area (Å²) in [7, 11) is 0. The molecule has 1 fully saturated rings. The van der Waals surface area contributed by atoms with Gasteiger partial charge >= 0.3 is 0 Å². The molecule has 0 heterocycles. The third kappa shape index (κ3) is 2.52. The lowest BCUT2D eigenvalue weighted by atomic mass is 9.96. The van der Waals surface area contributed by atoms with E-state index in [1.807, 2.05) is 0 Å². The maximum Gasteiger partial charge on any atom is 0.0423 e. The molecule has 0 aromatic heterocycles. The first-order valence-electron chi connectivity index (χ1n) is 4.02. The lowest BCUT2D eigenvalue weighted by molar-refractivity contribution is 0.567. The Morgan fingerprint density at radius 2 is 1.91 bits per heavy atom. The van der Waals surface area contributed by atoms with Gasteiger partial charge in [-0.1, -0.05) is 27.8 Å². The van der Waals surface area contributed by atoms with Gasteiger partial charge in [-0.3, -0.25) is 0 Å². The highest BCUT2D eigenvalue weighted by Crippen LogP contribution is 2.50. The summed E-state index contributed by atoms with van der Waals surface area (Å²) >= 11 is 3.57. The predicted octanol–water partition coefficient (Wildman–Crippen LogP) is 3.21. The number of hydrogen-bond acceptors (Lipinski definition) is 0. The standard InChI is InChI=1S/C10H15Br/c1-9(2,3)5-6-10(4)7-8(10)11/h8H,7H2,1-4H3/t8-,10-/m0/s1. The lowest BCUT2D eigenvalue weighted by Gasteiger charge is -2.08. The first-order chi connectivity index (χ1) is 4.83. The zero-order valence-corrected chi connectivity index (χ0v) is 9.25. The fourth-order valence-electron chi connectivity index (χ4n) is 0.773. The molecule has 1 saturated carbocycles. The van der Waals surface area contributed by atoms with Crippen LogP contribution in [0.3, 0.4) is 0 Å². The first kappa shape index (κ1) is 9.13. The summed E-state index contributed by atoms with van der Waals surface area (Å²) in [5.41, 5.74) is 0.422. The molecular weight excluding hydrogens is 200 g/mol. The van der Waals surface area contributed by atoms with Crippen molar-refractivity contribution in [3.8, 4) is 11.8 Å². The molecule has 0 bridgehead atoms. The van der Waals surface area contributed by atoms with Crippen LogP contribution in [0.5, 0.6) is 0 Å². The minimum atomic E-state index is 0.151. The van der Waals surface area contributed by atoms with E-state index in [0.717, 1.165) is 0 Å². The molecule has 2 atom stereocenters. The van der Waals surface area contributed by atoms with Gasteiger partial charge in [-0.25, -0.2) is 0 Å². The van der Waals surface area contributed by atoms with Gasteiger partial charge in [0.25, 0.3) is 0 Å². The molecule has 0 nitrogen and oxygen atoms in total. The Morgan fingerprint density at radius 1 is 1.45 bits per heavy atom. The second-order valence-corrected chi connectivity index (χ2v) is 5.69. The van der Waals surface area contributed by atoms with Crippen LogP contribution in [0.1, 0.15) is 34.1 Å². The minimum absolute atomic E-state index is 0.151. The number of alkyl halides is 1. The van der Waals surface area contributed by atoms with Gasteiger partial charge in [-0.05, 0) is 34.1 Å². The van der Waals surface area contributed by atoms with E-state index in [9.17, 15) is 0 Å². The summed E-state index contributed by atoms with van der Waals surface area (Å²) in [6.07, 6.45) is 1.20. The fourth-order valence-corrected chi connectivity index (χ4v) is 1.56. The molecule has 1 aliphatic rings. The van der Waals surface area contributed by atoms with Crippen molar-refractivity contribution < 1.29 is 0 Å². The minimum Gasteiger partial charge on any atom is -0.0968 e. The molecule has 1 heteroatoms. The van der Waals surface area contributed by atoms with Crippen LogP contribution in [0.4, 0.5) is 0 Å². The third-order valence-corrected chi connectivity index (χ3v) is 3.19. The number of hydrogen-bond donors (Lipinski definition) is 0. The smallest absolute Gasteiger partial charge is 0.0423 e. The third-order valence-electron chi connectivity index (χ3n) is 1.86. The molecule has 0 aromatic carbocycles. The van der Waals surface area contributed by atoms with Crippen LogP contribution in [0.25, 0.3) is 0 Å². The van der Waals surface area contributed by atoms with Crippen molar-refractivity contribution >= 4 is 15.9 Å². The molecule has 0 amide bonds. The molecule has 0 N–H and O–H groups in total. The summed E-state index contributed by atoms with van der Waals surface area (Å²) in [6, 6.07) is 0. The van der Waals surface area contributed by atoms with Crippen molar-refractivity contribution in [2.24, 2.45) is 10.8 Å². The maximum atomic E-state index is 3.57. The Balaban J connectivity index is 2.59. The van der Waals surface area contributed by atoms with Crippen molar-refractivity contribution in [3.05, 3.63) is 0 Å². The van der Waals surface area contributed by atoms with Crippen LogP contribution in [0.2, 0.25) is 0 Å². The van der Waals surface area contributed by atoms with Crippen molar-refractivity contribution in [2.45, 2.75) is 38.9 Å². The zero-order chi connectivity index (χ0) is 8.70. The molecule has 62 valence electrons. The Morgan fingerprint density at radius 3 is 2.18 bits per heavy atom. The van der Waals surface area contributed by atoms with Crippen LogP contribution in [0.15, 0.2) is 0 Å². The van der Waals surface area contributed by atoms with Crippen LogP contribution in [-0.2, 0) is 0 Å². The van der Waals surface area contributed by atoms with E-state index < -0.39 is 0 Å². The summed E-state index contributed by atoms with van der Waals surface area (Å²) in [5.74, 6) is 6.60. The normalized spacial score (nSPS) is 35.9. The highest BCUT2D eigenvalue weighted by Gasteiger charge is 2.47. The van der Waals surface area contributed by atoms with Gasteiger partial charge in [0, 0.05) is 15.7 Å². The second kappa shape index (κ2) is 2.52. The van der Waals surface area contributed by atoms with Crippen LogP contribution >= 0.6 is 15.9 Å². The van der Waals surface area contributed by atoms with E-state index in [1.165, 1.54) is 6.42 Å². The van der Waals surface area contributed by atoms with Crippen molar-refractivity contribution in [2.75, 3.05) is 0 Å². The van der Waals surface area contributed by atoms with Crippen LogP contribution in [0, 0.1) is 22.7 Å². The molecule has 0 aliphatic heterocycles. The monoisotopic (exact) mass is 214 g/mol. The van der Waals surface area contributed by atoms with E-state index >= 15 is 0 Å². The number of rotatable bonds is 0. The van der Waals surface area contributed by atoms with Gasteiger partial charge < -0.3 is 0 Å². The lowest BCUT2D eigenvalue weighted by Crippen LogP contribution is -2.02. The van der Waals surface area contributed by atoms with E-state index in [-0.39, 0.29) is 10.8 Å². The molecular formula is C10H15Br. The second-order valence-electron chi connectivity index (χ2n) is 4.59. The SMILES string of the molecule is CC(C)(C)C#C[C@@]1(C)C[C@@H]1Br. The summed E-state index contributed by atoms with van der Waals surface area (Å²) in [5, 5.41) is 0. The molecule has 11 heavy (non-hydrogen) atoms. The van der Waals surface area contributed by atoms with Gasteiger partial charge in [-0.15, -0.1) is 0 Å². The van der Waals surface area contributed by atoms with E-state index in [4.69, 9.17) is 0 Å². The number of halogens is 1. The van der Waals surface area contributed by atoms with Gasteiger partial charge in [0.1, 0.15) is 0 Å². The quantitative estimate of drug-likeness (QED) is 0.430. The van der Waals surface area contributed by atoms with E-state index in [0.29, 0.717) is 4.83 Å². The van der Waals surface area contributed by atoms with E-state index in [1.54, 1.807) is 0 Å². The predicted molar refractivity (Wildman–Crippen MR) is 52.7 cm³/mol. The van der Waals surface area contributed by atoms with Gasteiger partial charge in [0.15, 0.2) is 0 Å². The average Bonchev–Trinajstić information content (AvgIpc) is 2.36. The molecule has 0 aromatic rings.